The smallest absolute Gasteiger partial charge is 0.305 e. The maximum Gasteiger partial charge on any atom is 0.305 e. The third-order valence-corrected chi connectivity index (χ3v) is 2.43. The van der Waals surface area contributed by atoms with E-state index in [0.29, 0.717) is 0 Å². The number of carboxylic acid groups (broad SMARTS) is 1. The summed E-state index contributed by atoms with van der Waals surface area (Å²) in [6.07, 6.45) is -0.193. The fourth-order valence-electron chi connectivity index (χ4n) is 1.06. The first kappa shape index (κ1) is 12.6. The highest BCUT2D eigenvalue weighted by molar-refractivity contribution is 9.10. The van der Waals surface area contributed by atoms with Gasteiger partial charge in [0.1, 0.15) is 5.82 Å². The number of aliphatic carboxylic acids is 1. The van der Waals surface area contributed by atoms with E-state index in [1.807, 2.05) is 0 Å². The van der Waals surface area contributed by atoms with Crippen LogP contribution in [0.2, 0.25) is 0 Å². The molecule has 0 atom stereocenters. The van der Waals surface area contributed by atoms with Gasteiger partial charge in [-0.3, -0.25) is 9.59 Å². The SMILES string of the molecule is O=C(O)CCNC(=O)c1cccc(Br)c1F. The summed E-state index contributed by atoms with van der Waals surface area (Å²) < 4.78 is 13.6. The van der Waals surface area contributed by atoms with Crippen LogP contribution in [0.25, 0.3) is 0 Å². The van der Waals surface area contributed by atoms with Crippen molar-refractivity contribution < 1.29 is 19.1 Å². The number of rotatable bonds is 4. The summed E-state index contributed by atoms with van der Waals surface area (Å²) in [7, 11) is 0. The van der Waals surface area contributed by atoms with Crippen molar-refractivity contribution in [3.05, 3.63) is 34.1 Å². The number of amides is 1. The Bertz CT molecular complexity index is 423. The van der Waals surface area contributed by atoms with Crippen molar-refractivity contribution in [3.8, 4) is 0 Å². The second kappa shape index (κ2) is 5.60. The monoisotopic (exact) mass is 289 g/mol. The Labute approximate surface area is 99.6 Å². The normalized spacial score (nSPS) is 9.88. The lowest BCUT2D eigenvalue weighted by Gasteiger charge is -2.05. The van der Waals surface area contributed by atoms with Crippen LogP contribution in [0.3, 0.4) is 0 Å². The number of halogens is 2. The predicted octanol–water partition coefficient (Wildman–Crippen LogP) is 1.79. The van der Waals surface area contributed by atoms with Gasteiger partial charge >= 0.3 is 5.97 Å². The molecule has 4 nitrogen and oxygen atoms in total. The number of nitrogens with one attached hydrogen (secondary N) is 1. The van der Waals surface area contributed by atoms with E-state index in [2.05, 4.69) is 21.2 Å². The minimum atomic E-state index is -1.02. The zero-order valence-corrected chi connectivity index (χ0v) is 9.75. The maximum atomic E-state index is 13.4. The van der Waals surface area contributed by atoms with E-state index in [0.717, 1.165) is 0 Å². The van der Waals surface area contributed by atoms with Crippen molar-refractivity contribution in [3.63, 3.8) is 0 Å². The number of carbonyl (C=O) groups excluding carboxylic acids is 1. The van der Waals surface area contributed by atoms with E-state index in [1.165, 1.54) is 18.2 Å². The van der Waals surface area contributed by atoms with Gasteiger partial charge in [-0.25, -0.2) is 4.39 Å². The molecule has 0 aliphatic rings. The molecule has 0 spiro atoms. The molecule has 16 heavy (non-hydrogen) atoms. The Kier molecular flexibility index (Phi) is 4.42. The summed E-state index contributed by atoms with van der Waals surface area (Å²) in [5.41, 5.74) is -0.111. The molecule has 1 amide bonds. The minimum absolute atomic E-state index is 0.0277. The van der Waals surface area contributed by atoms with E-state index < -0.39 is 17.7 Å². The van der Waals surface area contributed by atoms with Crippen LogP contribution in [0.5, 0.6) is 0 Å². The zero-order valence-electron chi connectivity index (χ0n) is 8.17. The highest BCUT2D eigenvalue weighted by atomic mass is 79.9. The van der Waals surface area contributed by atoms with Crippen molar-refractivity contribution in [1.29, 1.82) is 0 Å². The molecule has 1 aromatic rings. The van der Waals surface area contributed by atoms with Gasteiger partial charge in [-0.05, 0) is 28.1 Å². The molecule has 0 aliphatic heterocycles. The molecule has 1 aromatic carbocycles. The second-order valence-electron chi connectivity index (χ2n) is 3.00. The first-order valence-corrected chi connectivity index (χ1v) is 5.25. The van der Waals surface area contributed by atoms with E-state index in [1.54, 1.807) is 0 Å². The lowest BCUT2D eigenvalue weighted by atomic mass is 10.2. The molecule has 0 saturated heterocycles. The molecule has 0 saturated carbocycles. The molecule has 0 radical (unpaired) electrons. The van der Waals surface area contributed by atoms with Gasteiger partial charge in [0.25, 0.3) is 5.91 Å². The summed E-state index contributed by atoms with van der Waals surface area (Å²) >= 11 is 2.96. The third-order valence-electron chi connectivity index (χ3n) is 1.82. The molecule has 0 aromatic heterocycles. The Morgan fingerprint density at radius 1 is 1.44 bits per heavy atom. The van der Waals surface area contributed by atoms with Gasteiger partial charge in [-0.1, -0.05) is 6.07 Å². The first-order chi connectivity index (χ1) is 7.52. The standard InChI is InChI=1S/C10H9BrFNO3/c11-7-3-1-2-6(9(7)12)10(16)13-5-4-8(14)15/h1-3H,4-5H2,(H,13,16)(H,14,15). The lowest BCUT2D eigenvalue weighted by molar-refractivity contribution is -0.136. The van der Waals surface area contributed by atoms with Crippen molar-refractivity contribution in [2.45, 2.75) is 6.42 Å². The topological polar surface area (TPSA) is 66.4 Å². The Balaban J connectivity index is 2.66. The summed E-state index contributed by atoms with van der Waals surface area (Å²) in [5, 5.41) is 10.7. The molecule has 0 unspecified atom stereocenters. The van der Waals surface area contributed by atoms with Crippen LogP contribution in [0.1, 0.15) is 16.8 Å². The van der Waals surface area contributed by atoms with Crippen LogP contribution in [0.4, 0.5) is 4.39 Å². The van der Waals surface area contributed by atoms with E-state index in [4.69, 9.17) is 5.11 Å². The molecular formula is C10H9BrFNO3. The van der Waals surface area contributed by atoms with Crippen LogP contribution < -0.4 is 5.32 Å². The molecule has 2 N–H and O–H groups in total. The van der Waals surface area contributed by atoms with Crippen molar-refractivity contribution in [2.75, 3.05) is 6.54 Å². The molecule has 0 fully saturated rings. The van der Waals surface area contributed by atoms with E-state index in [-0.39, 0.29) is 23.0 Å². The number of hydrogen-bond acceptors (Lipinski definition) is 2. The largest absolute Gasteiger partial charge is 0.481 e. The van der Waals surface area contributed by atoms with Crippen molar-refractivity contribution in [2.24, 2.45) is 0 Å². The van der Waals surface area contributed by atoms with Crippen LogP contribution >= 0.6 is 15.9 Å². The molecule has 0 heterocycles. The minimum Gasteiger partial charge on any atom is -0.481 e. The molecule has 6 heteroatoms. The number of benzene rings is 1. The Hall–Kier alpha value is -1.43. The van der Waals surface area contributed by atoms with Crippen LogP contribution in [0.15, 0.2) is 22.7 Å². The Morgan fingerprint density at radius 3 is 2.75 bits per heavy atom. The summed E-state index contributed by atoms with van der Waals surface area (Å²) in [6.45, 7) is -0.0277. The lowest BCUT2D eigenvalue weighted by Crippen LogP contribution is -2.26. The van der Waals surface area contributed by atoms with Crippen LogP contribution in [-0.2, 0) is 4.79 Å². The van der Waals surface area contributed by atoms with Crippen LogP contribution in [0, 0.1) is 5.82 Å². The van der Waals surface area contributed by atoms with Gasteiger partial charge in [0.05, 0.1) is 16.5 Å². The van der Waals surface area contributed by atoms with Crippen molar-refractivity contribution >= 4 is 27.8 Å². The van der Waals surface area contributed by atoms with Crippen LogP contribution in [-0.4, -0.2) is 23.5 Å². The second-order valence-corrected chi connectivity index (χ2v) is 3.86. The average molecular weight is 290 g/mol. The van der Waals surface area contributed by atoms with Gasteiger partial charge in [0.2, 0.25) is 0 Å². The van der Waals surface area contributed by atoms with Gasteiger partial charge in [-0.2, -0.15) is 0 Å². The first-order valence-electron chi connectivity index (χ1n) is 4.46. The van der Waals surface area contributed by atoms with Crippen molar-refractivity contribution in [1.82, 2.24) is 5.32 Å². The molecule has 1 rings (SSSR count). The number of carbonyl (C=O) groups is 2. The van der Waals surface area contributed by atoms with Gasteiger partial charge in [0, 0.05) is 6.54 Å². The van der Waals surface area contributed by atoms with E-state index in [9.17, 15) is 14.0 Å². The molecular weight excluding hydrogens is 281 g/mol. The third kappa shape index (κ3) is 3.30. The quantitative estimate of drug-likeness (QED) is 0.888. The average Bonchev–Trinajstić information content (AvgIpc) is 2.21. The predicted molar refractivity (Wildman–Crippen MR) is 58.7 cm³/mol. The van der Waals surface area contributed by atoms with E-state index >= 15 is 0 Å². The molecule has 0 bridgehead atoms. The van der Waals surface area contributed by atoms with Gasteiger partial charge in [0.15, 0.2) is 0 Å². The zero-order chi connectivity index (χ0) is 12.1. The summed E-state index contributed by atoms with van der Waals surface area (Å²) in [6, 6.07) is 4.33. The number of hydrogen-bond donors (Lipinski definition) is 2. The maximum absolute atomic E-state index is 13.4. The Morgan fingerprint density at radius 2 is 2.12 bits per heavy atom. The molecule has 86 valence electrons. The highest BCUT2D eigenvalue weighted by Gasteiger charge is 2.13. The van der Waals surface area contributed by atoms with Gasteiger partial charge < -0.3 is 10.4 Å². The summed E-state index contributed by atoms with van der Waals surface area (Å²) in [5.74, 6) is -2.30. The number of carboxylic acids is 1. The highest BCUT2D eigenvalue weighted by Crippen LogP contribution is 2.18. The fourth-order valence-corrected chi connectivity index (χ4v) is 1.42. The molecule has 0 aliphatic carbocycles. The summed E-state index contributed by atoms with van der Waals surface area (Å²) in [4.78, 5) is 21.6. The van der Waals surface area contributed by atoms with Gasteiger partial charge in [-0.15, -0.1) is 0 Å². The fraction of sp³-hybridized carbons (Fsp3) is 0.200.